The quantitative estimate of drug-likeness (QED) is 0.684. The highest BCUT2D eigenvalue weighted by molar-refractivity contribution is 5.94. The first-order chi connectivity index (χ1) is 7.45. The van der Waals surface area contributed by atoms with Crippen LogP contribution in [0.2, 0.25) is 0 Å². The Morgan fingerprint density at radius 3 is 2.73 bits per heavy atom. The van der Waals surface area contributed by atoms with Crippen LogP contribution in [0.5, 0.6) is 0 Å². The average Bonchev–Trinajstić information content (AvgIpc) is 2.82. The van der Waals surface area contributed by atoms with Crippen LogP contribution in [-0.4, -0.2) is 12.8 Å². The monoisotopic (exact) mass is 196 g/mol. The van der Waals surface area contributed by atoms with Crippen molar-refractivity contribution in [1.29, 1.82) is 0 Å². The molecule has 2 aromatic rings. The van der Waals surface area contributed by atoms with Crippen LogP contribution in [0.25, 0.3) is 10.8 Å². The molecule has 1 heterocycles. The van der Waals surface area contributed by atoms with Gasteiger partial charge in [0.15, 0.2) is 0 Å². The second-order valence-corrected chi connectivity index (χ2v) is 3.71. The van der Waals surface area contributed by atoms with Gasteiger partial charge < -0.3 is 0 Å². The Balaban J connectivity index is 2.21. The van der Waals surface area contributed by atoms with Gasteiger partial charge in [-0.05, 0) is 11.5 Å². The minimum atomic E-state index is 0.994. The summed E-state index contributed by atoms with van der Waals surface area (Å²) in [4.78, 5) is 0. The van der Waals surface area contributed by atoms with Gasteiger partial charge in [0, 0.05) is 24.6 Å². The number of nitrogens with zero attached hydrogens (tertiary/aromatic N) is 2. The molecule has 0 aliphatic carbocycles. The van der Waals surface area contributed by atoms with Crippen molar-refractivity contribution in [2.45, 2.75) is 6.42 Å². The molecular weight excluding hydrogens is 184 g/mol. The van der Waals surface area contributed by atoms with E-state index < -0.39 is 0 Å². The van der Waals surface area contributed by atoms with Gasteiger partial charge in [0.25, 0.3) is 0 Å². The summed E-state index contributed by atoms with van der Waals surface area (Å²) in [5.74, 6) is 0. The van der Waals surface area contributed by atoms with Crippen molar-refractivity contribution < 1.29 is 0 Å². The van der Waals surface area contributed by atoms with Crippen LogP contribution in [-0.2, 0) is 0 Å². The zero-order valence-corrected chi connectivity index (χ0v) is 8.43. The largest absolute Gasteiger partial charge is 0.265 e. The first-order valence-electron chi connectivity index (χ1n) is 5.23. The number of rotatable bonds is 1. The molecule has 15 heavy (non-hydrogen) atoms. The molecule has 1 aliphatic rings. The van der Waals surface area contributed by atoms with Crippen LogP contribution in [0.3, 0.4) is 0 Å². The molecule has 74 valence electrons. The summed E-state index contributed by atoms with van der Waals surface area (Å²) in [6, 6.07) is 14.8. The third kappa shape index (κ3) is 1.38. The average molecular weight is 196 g/mol. The summed E-state index contributed by atoms with van der Waals surface area (Å²) < 4.78 is 0. The molecule has 2 nitrogen and oxygen atoms in total. The maximum Gasteiger partial charge on any atom is 0.0672 e. The third-order valence-electron chi connectivity index (χ3n) is 2.74. The zero-order chi connectivity index (χ0) is 10.1. The fourth-order valence-electron chi connectivity index (χ4n) is 2.01. The Labute approximate surface area is 88.8 Å². The van der Waals surface area contributed by atoms with E-state index in [0.717, 1.165) is 13.0 Å². The van der Waals surface area contributed by atoms with Gasteiger partial charge in [0.05, 0.1) is 5.69 Å². The van der Waals surface area contributed by atoms with Crippen LogP contribution in [0.15, 0.2) is 47.6 Å². The lowest BCUT2D eigenvalue weighted by molar-refractivity contribution is 0.927. The Morgan fingerprint density at radius 2 is 1.87 bits per heavy atom. The smallest absolute Gasteiger partial charge is 0.0672 e. The van der Waals surface area contributed by atoms with Gasteiger partial charge in [0.1, 0.15) is 0 Å². The molecule has 0 radical (unpaired) electrons. The number of hydrogen-bond acceptors (Lipinski definition) is 2. The fourth-order valence-corrected chi connectivity index (χ4v) is 2.01. The minimum Gasteiger partial charge on any atom is -0.265 e. The van der Waals surface area contributed by atoms with Gasteiger partial charge in [-0.3, -0.25) is 5.01 Å². The van der Waals surface area contributed by atoms with E-state index in [0.29, 0.717) is 0 Å². The molecule has 0 amide bonds. The van der Waals surface area contributed by atoms with E-state index in [1.165, 1.54) is 16.5 Å². The first-order valence-corrected chi connectivity index (χ1v) is 5.23. The van der Waals surface area contributed by atoms with Gasteiger partial charge in [-0.15, -0.1) is 0 Å². The fraction of sp³-hybridized carbons (Fsp3) is 0.154. The molecule has 0 aromatic heterocycles. The number of benzene rings is 2. The number of hydrogen-bond donors (Lipinski definition) is 0. The molecule has 0 saturated carbocycles. The number of fused-ring (bicyclic) bond motifs is 1. The molecule has 0 atom stereocenters. The molecule has 2 aromatic carbocycles. The molecule has 0 unspecified atom stereocenters. The molecule has 0 bridgehead atoms. The summed E-state index contributed by atoms with van der Waals surface area (Å²) in [7, 11) is 0. The van der Waals surface area contributed by atoms with Crippen molar-refractivity contribution in [2.24, 2.45) is 5.10 Å². The second kappa shape index (κ2) is 3.39. The van der Waals surface area contributed by atoms with Crippen LogP contribution >= 0.6 is 0 Å². The molecule has 3 rings (SSSR count). The molecule has 2 heteroatoms. The van der Waals surface area contributed by atoms with E-state index in [1.807, 2.05) is 6.21 Å². The predicted octanol–water partition coefficient (Wildman–Crippen LogP) is 3.04. The first kappa shape index (κ1) is 8.48. The molecule has 1 aliphatic heterocycles. The SMILES string of the molecule is C1=NN(c2cccc3ccccc23)CC1. The molecule has 0 N–H and O–H groups in total. The molecule has 0 spiro atoms. The minimum absolute atomic E-state index is 0.994. The van der Waals surface area contributed by atoms with Crippen LogP contribution in [0.1, 0.15) is 6.42 Å². The summed E-state index contributed by atoms with van der Waals surface area (Å²) in [6.45, 7) is 0.994. The van der Waals surface area contributed by atoms with Crippen LogP contribution < -0.4 is 5.01 Å². The van der Waals surface area contributed by atoms with E-state index in [1.54, 1.807) is 0 Å². The van der Waals surface area contributed by atoms with E-state index in [9.17, 15) is 0 Å². The van der Waals surface area contributed by atoms with Crippen LogP contribution in [0.4, 0.5) is 5.69 Å². The van der Waals surface area contributed by atoms with Crippen molar-refractivity contribution >= 4 is 22.7 Å². The maximum absolute atomic E-state index is 4.36. The van der Waals surface area contributed by atoms with Crippen LogP contribution in [0, 0.1) is 0 Å². The highest BCUT2D eigenvalue weighted by Crippen LogP contribution is 2.27. The summed E-state index contributed by atoms with van der Waals surface area (Å²) >= 11 is 0. The lowest BCUT2D eigenvalue weighted by atomic mass is 10.1. The standard InChI is InChI=1S/C13H12N2/c1-2-7-12-11(5-1)6-3-8-13(12)15-10-4-9-14-15/h1-3,5-9H,4,10H2. The van der Waals surface area contributed by atoms with Gasteiger partial charge in [-0.2, -0.15) is 5.10 Å². The van der Waals surface area contributed by atoms with Crippen molar-refractivity contribution in [3.63, 3.8) is 0 Å². The third-order valence-corrected chi connectivity index (χ3v) is 2.74. The molecular formula is C13H12N2. The lowest BCUT2D eigenvalue weighted by Gasteiger charge is -2.15. The Kier molecular flexibility index (Phi) is 1.91. The summed E-state index contributed by atoms with van der Waals surface area (Å²) in [5, 5.41) is 8.99. The maximum atomic E-state index is 4.36. The molecule has 0 saturated heterocycles. The van der Waals surface area contributed by atoms with Gasteiger partial charge in [-0.25, -0.2) is 0 Å². The van der Waals surface area contributed by atoms with Crippen molar-refractivity contribution in [2.75, 3.05) is 11.6 Å². The van der Waals surface area contributed by atoms with Gasteiger partial charge in [0.2, 0.25) is 0 Å². The number of hydrazone groups is 1. The Bertz CT molecular complexity index is 511. The zero-order valence-electron chi connectivity index (χ0n) is 8.43. The predicted molar refractivity (Wildman–Crippen MR) is 64.4 cm³/mol. The van der Waals surface area contributed by atoms with Gasteiger partial charge in [-0.1, -0.05) is 36.4 Å². The van der Waals surface area contributed by atoms with E-state index in [-0.39, 0.29) is 0 Å². The normalized spacial score (nSPS) is 15.1. The lowest BCUT2D eigenvalue weighted by Crippen LogP contribution is -2.11. The van der Waals surface area contributed by atoms with Crippen molar-refractivity contribution in [3.8, 4) is 0 Å². The Hall–Kier alpha value is -1.83. The van der Waals surface area contributed by atoms with Crippen molar-refractivity contribution in [3.05, 3.63) is 42.5 Å². The Morgan fingerprint density at radius 1 is 1.00 bits per heavy atom. The summed E-state index contributed by atoms with van der Waals surface area (Å²) in [5.41, 5.74) is 1.21. The topological polar surface area (TPSA) is 15.6 Å². The highest BCUT2D eigenvalue weighted by Gasteiger charge is 2.10. The van der Waals surface area contributed by atoms with E-state index in [4.69, 9.17) is 0 Å². The highest BCUT2D eigenvalue weighted by atomic mass is 15.5. The van der Waals surface area contributed by atoms with E-state index in [2.05, 4.69) is 52.6 Å². The van der Waals surface area contributed by atoms with E-state index >= 15 is 0 Å². The number of anilines is 1. The van der Waals surface area contributed by atoms with Gasteiger partial charge >= 0.3 is 0 Å². The summed E-state index contributed by atoms with van der Waals surface area (Å²) in [6.07, 6.45) is 3.02. The molecule has 0 fully saturated rings. The van der Waals surface area contributed by atoms with Crippen molar-refractivity contribution in [1.82, 2.24) is 0 Å². The second-order valence-electron chi connectivity index (χ2n) is 3.71.